The van der Waals surface area contributed by atoms with Crippen LogP contribution in [0.1, 0.15) is 16.8 Å². The van der Waals surface area contributed by atoms with Crippen molar-refractivity contribution in [1.82, 2.24) is 24.5 Å². The number of carbonyl (C=O) groups is 1. The van der Waals surface area contributed by atoms with E-state index in [-0.39, 0.29) is 42.0 Å². The number of imidazole rings is 1. The Hall–Kier alpha value is -4.49. The van der Waals surface area contributed by atoms with E-state index in [9.17, 15) is 31.1 Å². The van der Waals surface area contributed by atoms with E-state index >= 15 is 0 Å². The van der Waals surface area contributed by atoms with Crippen LogP contribution < -0.4 is 9.64 Å². The van der Waals surface area contributed by atoms with E-state index in [1.54, 1.807) is 24.3 Å². The molecule has 0 aliphatic carbocycles. The Kier molecular flexibility index (Phi) is 6.48. The van der Waals surface area contributed by atoms with Crippen molar-refractivity contribution in [3.05, 3.63) is 71.8 Å². The van der Waals surface area contributed by atoms with Gasteiger partial charge in [-0.3, -0.25) is 9.69 Å². The lowest BCUT2D eigenvalue weighted by molar-refractivity contribution is -0.154. The molecule has 202 valence electrons. The molecule has 8 nitrogen and oxygen atoms in total. The SMILES string of the molecule is Cn1cc(C(F)(F)F)nc1-c1ccc(CN2C(=O)Cc3cnc(-c4cccnc4OCC(F)(F)F)nc32)cc1. The van der Waals surface area contributed by atoms with Gasteiger partial charge in [0.1, 0.15) is 11.6 Å². The van der Waals surface area contributed by atoms with Crippen LogP contribution in [0.5, 0.6) is 5.88 Å². The normalized spacial score (nSPS) is 13.6. The second-order valence-electron chi connectivity index (χ2n) is 8.71. The molecular formula is C25H18F6N6O2. The maximum atomic E-state index is 13.0. The monoisotopic (exact) mass is 548 g/mol. The lowest BCUT2D eigenvalue weighted by Crippen LogP contribution is -2.26. The molecule has 3 aromatic heterocycles. The predicted molar refractivity (Wildman–Crippen MR) is 125 cm³/mol. The number of fused-ring (bicyclic) bond motifs is 1. The molecule has 0 radical (unpaired) electrons. The first kappa shape index (κ1) is 26.1. The van der Waals surface area contributed by atoms with Crippen molar-refractivity contribution in [2.75, 3.05) is 11.5 Å². The molecule has 4 aromatic rings. The van der Waals surface area contributed by atoms with Crippen LogP contribution in [0.25, 0.3) is 22.8 Å². The van der Waals surface area contributed by atoms with Gasteiger partial charge in [-0.25, -0.2) is 19.9 Å². The molecule has 14 heteroatoms. The Balaban J connectivity index is 1.39. The van der Waals surface area contributed by atoms with Gasteiger partial charge in [0, 0.05) is 36.8 Å². The van der Waals surface area contributed by atoms with Crippen LogP contribution in [0.4, 0.5) is 32.2 Å². The standard InChI is InChI=1S/C25H18F6N6O2/c1-36-12-18(25(29,30)31)34-21(36)15-6-4-14(5-7-15)11-37-19(38)9-16-10-33-20(35-22(16)37)17-3-2-8-32-23(17)39-13-24(26,27)28/h2-8,10,12H,9,11,13H2,1H3. The number of carbonyl (C=O) groups excluding carboxylic acids is 1. The lowest BCUT2D eigenvalue weighted by Gasteiger charge is -2.17. The van der Waals surface area contributed by atoms with Crippen LogP contribution in [0.3, 0.4) is 0 Å². The Morgan fingerprint density at radius 3 is 2.41 bits per heavy atom. The van der Waals surface area contributed by atoms with Gasteiger partial charge in [-0.1, -0.05) is 24.3 Å². The van der Waals surface area contributed by atoms with Gasteiger partial charge in [0.05, 0.1) is 18.5 Å². The lowest BCUT2D eigenvalue weighted by atomic mass is 10.1. The van der Waals surface area contributed by atoms with E-state index < -0.39 is 24.7 Å². The topological polar surface area (TPSA) is 86.0 Å². The highest BCUT2D eigenvalue weighted by Gasteiger charge is 2.35. The number of anilines is 1. The van der Waals surface area contributed by atoms with E-state index in [0.29, 0.717) is 22.5 Å². The van der Waals surface area contributed by atoms with E-state index in [1.165, 1.54) is 41.0 Å². The predicted octanol–water partition coefficient (Wildman–Crippen LogP) is 4.99. The average molecular weight is 548 g/mol. The Morgan fingerprint density at radius 2 is 1.74 bits per heavy atom. The smallest absolute Gasteiger partial charge is 0.434 e. The van der Waals surface area contributed by atoms with Crippen LogP contribution >= 0.6 is 0 Å². The quantitative estimate of drug-likeness (QED) is 0.316. The molecule has 0 spiro atoms. The summed E-state index contributed by atoms with van der Waals surface area (Å²) in [6, 6.07) is 9.48. The number of halogens is 6. The van der Waals surface area contributed by atoms with Crippen molar-refractivity contribution >= 4 is 11.7 Å². The molecule has 1 aliphatic heterocycles. The first-order valence-electron chi connectivity index (χ1n) is 11.4. The number of aromatic nitrogens is 5. The molecule has 1 aromatic carbocycles. The molecule has 0 fully saturated rings. The number of alkyl halides is 6. The fourth-order valence-electron chi connectivity index (χ4n) is 4.06. The van der Waals surface area contributed by atoms with Crippen molar-refractivity contribution in [3.8, 4) is 28.7 Å². The number of hydrogen-bond donors (Lipinski definition) is 0. The fourth-order valence-corrected chi connectivity index (χ4v) is 4.06. The minimum Gasteiger partial charge on any atom is -0.467 e. The second-order valence-corrected chi connectivity index (χ2v) is 8.71. The number of benzene rings is 1. The maximum Gasteiger partial charge on any atom is 0.434 e. The highest BCUT2D eigenvalue weighted by Crippen LogP contribution is 2.34. The summed E-state index contributed by atoms with van der Waals surface area (Å²) in [5.74, 6) is -0.111. The highest BCUT2D eigenvalue weighted by atomic mass is 19.4. The average Bonchev–Trinajstić information content (AvgIpc) is 3.42. The zero-order valence-electron chi connectivity index (χ0n) is 20.1. The minimum atomic E-state index is -4.57. The van der Waals surface area contributed by atoms with Crippen LogP contribution in [0, 0.1) is 0 Å². The molecule has 0 atom stereocenters. The Bertz CT molecular complexity index is 1530. The number of ether oxygens (including phenoxy) is 1. The van der Waals surface area contributed by atoms with E-state index in [1.807, 2.05) is 0 Å². The molecule has 5 rings (SSSR count). The van der Waals surface area contributed by atoms with Crippen LogP contribution in [-0.2, 0) is 31.0 Å². The maximum absolute atomic E-state index is 13.0. The third kappa shape index (κ3) is 5.54. The van der Waals surface area contributed by atoms with Crippen molar-refractivity contribution in [3.63, 3.8) is 0 Å². The molecule has 0 unspecified atom stereocenters. The molecule has 1 amide bonds. The Labute approximate surface area is 216 Å². The van der Waals surface area contributed by atoms with Crippen LogP contribution in [0.2, 0.25) is 0 Å². The summed E-state index contributed by atoms with van der Waals surface area (Å²) in [5.41, 5.74) is 0.786. The van der Waals surface area contributed by atoms with Crippen molar-refractivity contribution in [2.45, 2.75) is 25.3 Å². The number of nitrogens with zero attached hydrogens (tertiary/aromatic N) is 6. The molecule has 0 N–H and O–H groups in total. The third-order valence-corrected chi connectivity index (χ3v) is 5.84. The number of aryl methyl sites for hydroxylation is 1. The summed E-state index contributed by atoms with van der Waals surface area (Å²) < 4.78 is 83.1. The van der Waals surface area contributed by atoms with Gasteiger partial charge in [-0.2, -0.15) is 26.3 Å². The first-order chi connectivity index (χ1) is 18.4. The molecule has 0 saturated heterocycles. The number of rotatable bonds is 6. The van der Waals surface area contributed by atoms with Gasteiger partial charge in [0.15, 0.2) is 18.1 Å². The fraction of sp³-hybridized carbons (Fsp3) is 0.240. The second kappa shape index (κ2) is 9.67. The Morgan fingerprint density at radius 1 is 1.00 bits per heavy atom. The van der Waals surface area contributed by atoms with Crippen molar-refractivity contribution in [1.29, 1.82) is 0 Å². The summed E-state index contributed by atoms with van der Waals surface area (Å²) in [4.78, 5) is 30.3. The highest BCUT2D eigenvalue weighted by molar-refractivity contribution is 6.00. The van der Waals surface area contributed by atoms with Gasteiger partial charge in [0.25, 0.3) is 0 Å². The van der Waals surface area contributed by atoms with Crippen LogP contribution in [-0.4, -0.2) is 43.2 Å². The van der Waals surface area contributed by atoms with Gasteiger partial charge < -0.3 is 9.30 Å². The molecule has 4 heterocycles. The summed E-state index contributed by atoms with van der Waals surface area (Å²) in [6.45, 7) is -1.44. The first-order valence-corrected chi connectivity index (χ1v) is 11.4. The van der Waals surface area contributed by atoms with Crippen molar-refractivity contribution in [2.24, 2.45) is 7.05 Å². The van der Waals surface area contributed by atoms with E-state index in [4.69, 9.17) is 4.74 Å². The van der Waals surface area contributed by atoms with Gasteiger partial charge >= 0.3 is 12.4 Å². The third-order valence-electron chi connectivity index (χ3n) is 5.84. The van der Waals surface area contributed by atoms with Crippen LogP contribution in [0.15, 0.2) is 55.0 Å². The summed E-state index contributed by atoms with van der Waals surface area (Å²) in [7, 11) is 1.46. The molecule has 0 bridgehead atoms. The number of hydrogen-bond acceptors (Lipinski definition) is 6. The molecule has 1 aliphatic rings. The zero-order valence-corrected chi connectivity index (χ0v) is 20.1. The summed E-state index contributed by atoms with van der Waals surface area (Å²) in [6.07, 6.45) is -5.49. The largest absolute Gasteiger partial charge is 0.467 e. The summed E-state index contributed by atoms with van der Waals surface area (Å²) in [5, 5.41) is 0. The van der Waals surface area contributed by atoms with Crippen molar-refractivity contribution < 1.29 is 35.9 Å². The number of pyridine rings is 1. The van der Waals surface area contributed by atoms with Gasteiger partial charge in [-0.05, 0) is 17.7 Å². The van der Waals surface area contributed by atoms with E-state index in [0.717, 1.165) is 6.20 Å². The van der Waals surface area contributed by atoms with Gasteiger partial charge in [0.2, 0.25) is 11.8 Å². The summed E-state index contributed by atoms with van der Waals surface area (Å²) >= 11 is 0. The molecule has 39 heavy (non-hydrogen) atoms. The van der Waals surface area contributed by atoms with E-state index in [2.05, 4.69) is 19.9 Å². The van der Waals surface area contributed by atoms with Gasteiger partial charge in [-0.15, -0.1) is 0 Å². The molecular weight excluding hydrogens is 530 g/mol. The zero-order chi connectivity index (χ0) is 27.9. The minimum absolute atomic E-state index is 0.0318. The molecule has 0 saturated carbocycles. The number of amides is 1.